The number of nitrogens with two attached hydrogens (primary N) is 1. The van der Waals surface area contributed by atoms with Crippen molar-refractivity contribution < 1.29 is 9.90 Å². The number of amides is 1. The Kier molecular flexibility index (Phi) is 3.52. The van der Waals surface area contributed by atoms with Crippen LogP contribution in [-0.2, 0) is 0 Å². The van der Waals surface area contributed by atoms with Crippen molar-refractivity contribution >= 4 is 11.6 Å². The lowest BCUT2D eigenvalue weighted by molar-refractivity contribution is 0.0297. The van der Waals surface area contributed by atoms with Gasteiger partial charge in [0.15, 0.2) is 0 Å². The molecule has 5 nitrogen and oxygen atoms in total. The lowest BCUT2D eigenvalue weighted by atomic mass is 9.96. The lowest BCUT2D eigenvalue weighted by Crippen LogP contribution is -2.45. The van der Waals surface area contributed by atoms with E-state index in [4.69, 9.17) is 5.73 Å². The zero-order valence-corrected chi connectivity index (χ0v) is 10.8. The van der Waals surface area contributed by atoms with Crippen molar-refractivity contribution in [2.24, 2.45) is 5.92 Å². The van der Waals surface area contributed by atoms with Gasteiger partial charge in [-0.3, -0.25) is 9.78 Å². The number of carbonyl (C=O) groups is 1. The minimum absolute atomic E-state index is 0.0500. The summed E-state index contributed by atoms with van der Waals surface area (Å²) in [6.45, 7) is 4.91. The third-order valence-electron chi connectivity index (χ3n) is 3.49. The van der Waals surface area contributed by atoms with Gasteiger partial charge in [-0.2, -0.15) is 0 Å². The first kappa shape index (κ1) is 12.8. The summed E-state index contributed by atoms with van der Waals surface area (Å²) in [6, 6.07) is 1.67. The third-order valence-corrected chi connectivity index (χ3v) is 3.49. The standard InChI is InChI=1S/C13H19N3O2/c1-8-7-16(4-3-12(8)17)13(18)11-5-10(14)6-15-9(11)2/h5-6,8,12,17H,3-4,7,14H2,1-2H3. The van der Waals surface area contributed by atoms with E-state index in [1.54, 1.807) is 24.1 Å². The summed E-state index contributed by atoms with van der Waals surface area (Å²) in [5.74, 6) is 0.0584. The molecule has 2 rings (SSSR count). The van der Waals surface area contributed by atoms with Crippen LogP contribution in [0.3, 0.4) is 0 Å². The van der Waals surface area contributed by atoms with E-state index in [2.05, 4.69) is 4.98 Å². The molecule has 0 saturated carbocycles. The summed E-state index contributed by atoms with van der Waals surface area (Å²) in [4.78, 5) is 18.2. The van der Waals surface area contributed by atoms with Crippen LogP contribution in [0.4, 0.5) is 5.69 Å². The number of aromatic nitrogens is 1. The molecular weight excluding hydrogens is 230 g/mol. The van der Waals surface area contributed by atoms with Crippen LogP contribution in [0.25, 0.3) is 0 Å². The zero-order valence-electron chi connectivity index (χ0n) is 10.8. The van der Waals surface area contributed by atoms with Crippen molar-refractivity contribution in [1.29, 1.82) is 0 Å². The molecular formula is C13H19N3O2. The van der Waals surface area contributed by atoms with Gasteiger partial charge in [0.05, 0.1) is 29.2 Å². The van der Waals surface area contributed by atoms with Crippen LogP contribution in [0.2, 0.25) is 0 Å². The maximum Gasteiger partial charge on any atom is 0.255 e. The molecule has 5 heteroatoms. The zero-order chi connectivity index (χ0) is 13.3. The molecule has 0 bridgehead atoms. The molecule has 1 aliphatic heterocycles. The van der Waals surface area contributed by atoms with Crippen LogP contribution < -0.4 is 5.73 Å². The molecule has 2 atom stereocenters. The van der Waals surface area contributed by atoms with Gasteiger partial charge in [-0.15, -0.1) is 0 Å². The summed E-state index contributed by atoms with van der Waals surface area (Å²) in [5, 5.41) is 9.68. The molecule has 0 aromatic carbocycles. The number of rotatable bonds is 1. The summed E-state index contributed by atoms with van der Waals surface area (Å²) in [5.41, 5.74) is 7.41. The molecule has 0 radical (unpaired) electrons. The Hall–Kier alpha value is -1.62. The highest BCUT2D eigenvalue weighted by Crippen LogP contribution is 2.20. The number of aliphatic hydroxyl groups excluding tert-OH is 1. The van der Waals surface area contributed by atoms with Crippen LogP contribution in [0, 0.1) is 12.8 Å². The van der Waals surface area contributed by atoms with Gasteiger partial charge in [0.1, 0.15) is 0 Å². The van der Waals surface area contributed by atoms with Gasteiger partial charge in [0, 0.05) is 13.1 Å². The molecule has 1 saturated heterocycles. The average Bonchev–Trinajstić information content (AvgIpc) is 2.35. The topological polar surface area (TPSA) is 79.5 Å². The van der Waals surface area contributed by atoms with Crippen LogP contribution >= 0.6 is 0 Å². The van der Waals surface area contributed by atoms with E-state index in [0.29, 0.717) is 36.5 Å². The van der Waals surface area contributed by atoms with E-state index in [0.717, 1.165) is 0 Å². The van der Waals surface area contributed by atoms with E-state index in [9.17, 15) is 9.90 Å². The number of hydrogen-bond acceptors (Lipinski definition) is 4. The quantitative estimate of drug-likeness (QED) is 0.772. The first-order valence-corrected chi connectivity index (χ1v) is 6.18. The number of likely N-dealkylation sites (tertiary alicyclic amines) is 1. The van der Waals surface area contributed by atoms with Crippen LogP contribution in [0.15, 0.2) is 12.3 Å². The third kappa shape index (κ3) is 2.46. The number of piperidine rings is 1. The van der Waals surface area contributed by atoms with Crippen LogP contribution in [0.5, 0.6) is 0 Å². The van der Waals surface area contributed by atoms with E-state index in [-0.39, 0.29) is 17.9 Å². The first-order valence-electron chi connectivity index (χ1n) is 6.18. The van der Waals surface area contributed by atoms with Crippen molar-refractivity contribution in [1.82, 2.24) is 9.88 Å². The number of hydrogen-bond donors (Lipinski definition) is 2. The number of aliphatic hydroxyl groups is 1. The molecule has 2 unspecified atom stereocenters. The van der Waals surface area contributed by atoms with E-state index in [1.807, 2.05) is 6.92 Å². The molecule has 1 aliphatic rings. The van der Waals surface area contributed by atoms with Gasteiger partial charge >= 0.3 is 0 Å². The lowest BCUT2D eigenvalue weighted by Gasteiger charge is -2.34. The van der Waals surface area contributed by atoms with Crippen molar-refractivity contribution in [2.75, 3.05) is 18.8 Å². The summed E-state index contributed by atoms with van der Waals surface area (Å²) in [6.07, 6.45) is 1.87. The van der Waals surface area contributed by atoms with Gasteiger partial charge in [0.25, 0.3) is 5.91 Å². The van der Waals surface area contributed by atoms with E-state index >= 15 is 0 Å². The second-order valence-corrected chi connectivity index (χ2v) is 4.99. The Bertz CT molecular complexity index is 462. The molecule has 98 valence electrons. The Morgan fingerprint density at radius 3 is 3.00 bits per heavy atom. The molecule has 18 heavy (non-hydrogen) atoms. The first-order chi connectivity index (χ1) is 8.49. The number of aryl methyl sites for hydroxylation is 1. The van der Waals surface area contributed by atoms with Crippen molar-refractivity contribution in [3.8, 4) is 0 Å². The highest BCUT2D eigenvalue weighted by atomic mass is 16.3. The van der Waals surface area contributed by atoms with E-state index in [1.165, 1.54) is 0 Å². The molecule has 1 aromatic rings. The smallest absolute Gasteiger partial charge is 0.255 e. The minimum Gasteiger partial charge on any atom is -0.397 e. The number of nitrogens with zero attached hydrogens (tertiary/aromatic N) is 2. The summed E-state index contributed by atoms with van der Waals surface area (Å²) < 4.78 is 0. The number of carbonyl (C=O) groups excluding carboxylic acids is 1. The average molecular weight is 249 g/mol. The Morgan fingerprint density at radius 1 is 1.61 bits per heavy atom. The second-order valence-electron chi connectivity index (χ2n) is 4.99. The molecule has 1 aromatic heterocycles. The predicted octanol–water partition coefficient (Wildman–Crippen LogP) is 0.815. The molecule has 0 spiro atoms. The van der Waals surface area contributed by atoms with Gasteiger partial charge < -0.3 is 15.7 Å². The molecule has 1 amide bonds. The van der Waals surface area contributed by atoms with Gasteiger partial charge in [-0.1, -0.05) is 6.92 Å². The predicted molar refractivity (Wildman–Crippen MR) is 69.1 cm³/mol. The second kappa shape index (κ2) is 4.94. The fourth-order valence-corrected chi connectivity index (χ4v) is 2.25. The van der Waals surface area contributed by atoms with Gasteiger partial charge in [-0.05, 0) is 25.3 Å². The highest BCUT2D eigenvalue weighted by Gasteiger charge is 2.28. The molecule has 2 heterocycles. The van der Waals surface area contributed by atoms with E-state index < -0.39 is 0 Å². The Labute approximate surface area is 107 Å². The molecule has 1 fully saturated rings. The maximum atomic E-state index is 12.4. The van der Waals surface area contributed by atoms with Crippen LogP contribution in [-0.4, -0.2) is 40.1 Å². The minimum atomic E-state index is -0.311. The van der Waals surface area contributed by atoms with Gasteiger partial charge in [-0.25, -0.2) is 0 Å². The number of anilines is 1. The monoisotopic (exact) mass is 249 g/mol. The van der Waals surface area contributed by atoms with Crippen molar-refractivity contribution in [3.63, 3.8) is 0 Å². The maximum absolute atomic E-state index is 12.4. The molecule has 3 N–H and O–H groups in total. The Balaban J connectivity index is 2.19. The van der Waals surface area contributed by atoms with Crippen molar-refractivity contribution in [3.05, 3.63) is 23.5 Å². The largest absolute Gasteiger partial charge is 0.397 e. The highest BCUT2D eigenvalue weighted by molar-refractivity contribution is 5.96. The molecule has 0 aliphatic carbocycles. The fraction of sp³-hybridized carbons (Fsp3) is 0.538. The van der Waals surface area contributed by atoms with Gasteiger partial charge in [0.2, 0.25) is 0 Å². The summed E-state index contributed by atoms with van der Waals surface area (Å²) in [7, 11) is 0. The van der Waals surface area contributed by atoms with Crippen LogP contribution in [0.1, 0.15) is 29.4 Å². The number of pyridine rings is 1. The Morgan fingerprint density at radius 2 is 2.33 bits per heavy atom. The summed E-state index contributed by atoms with van der Waals surface area (Å²) >= 11 is 0. The SMILES string of the molecule is Cc1ncc(N)cc1C(=O)N1CCC(O)C(C)C1. The number of nitrogen functional groups attached to an aromatic ring is 1. The normalized spacial score (nSPS) is 24.1. The van der Waals surface area contributed by atoms with Crippen molar-refractivity contribution in [2.45, 2.75) is 26.4 Å². The fourth-order valence-electron chi connectivity index (χ4n) is 2.25.